The van der Waals surface area contributed by atoms with E-state index >= 15 is 0 Å². The van der Waals surface area contributed by atoms with Crippen LogP contribution in [0.4, 0.5) is 0 Å². The molecule has 3 rings (SSSR count). The van der Waals surface area contributed by atoms with Crippen molar-refractivity contribution >= 4 is 11.0 Å². The Hall–Kier alpha value is -2.33. The molecule has 1 N–H and O–H groups in total. The topological polar surface area (TPSA) is 41.1 Å². The highest BCUT2D eigenvalue weighted by atomic mass is 16.5. The van der Waals surface area contributed by atoms with Gasteiger partial charge in [-0.3, -0.25) is 4.90 Å². The molecule has 120 valence electrons. The molecular formula is C19H23N3O. The van der Waals surface area contributed by atoms with E-state index in [4.69, 9.17) is 9.72 Å². The van der Waals surface area contributed by atoms with Crippen molar-refractivity contribution in [2.24, 2.45) is 0 Å². The molecule has 0 saturated heterocycles. The van der Waals surface area contributed by atoms with E-state index in [1.165, 1.54) is 5.56 Å². The highest BCUT2D eigenvalue weighted by Crippen LogP contribution is 2.26. The molecule has 2 aromatic carbocycles. The summed E-state index contributed by atoms with van der Waals surface area (Å²) in [5, 5.41) is 0. The third-order valence-electron chi connectivity index (χ3n) is 4.22. The maximum Gasteiger partial charge on any atom is 0.124 e. The van der Waals surface area contributed by atoms with Gasteiger partial charge in [-0.2, -0.15) is 0 Å². The van der Waals surface area contributed by atoms with Crippen molar-refractivity contribution in [3.05, 3.63) is 59.9 Å². The number of nitrogens with zero attached hydrogens (tertiary/aromatic N) is 2. The number of aromatic amines is 1. The fraction of sp³-hybridized carbons (Fsp3) is 0.316. The predicted octanol–water partition coefficient (Wildman–Crippen LogP) is 4.15. The fourth-order valence-electron chi connectivity index (χ4n) is 2.99. The van der Waals surface area contributed by atoms with E-state index in [0.29, 0.717) is 0 Å². The van der Waals surface area contributed by atoms with E-state index in [-0.39, 0.29) is 6.04 Å². The molecule has 1 atom stereocenters. The zero-order valence-electron chi connectivity index (χ0n) is 13.9. The average molecular weight is 309 g/mol. The maximum atomic E-state index is 5.29. The zero-order chi connectivity index (χ0) is 16.2. The first-order valence-electron chi connectivity index (χ1n) is 7.99. The van der Waals surface area contributed by atoms with Crippen LogP contribution in [-0.4, -0.2) is 29.0 Å². The Balaban J connectivity index is 1.85. The summed E-state index contributed by atoms with van der Waals surface area (Å²) in [7, 11) is 3.83. The normalized spacial score (nSPS) is 12.7. The summed E-state index contributed by atoms with van der Waals surface area (Å²) in [6.07, 6.45) is 1.00. The van der Waals surface area contributed by atoms with Crippen molar-refractivity contribution in [2.75, 3.05) is 14.2 Å². The Morgan fingerprint density at radius 3 is 2.65 bits per heavy atom. The monoisotopic (exact) mass is 309 g/mol. The molecule has 0 amide bonds. The Morgan fingerprint density at radius 2 is 1.96 bits per heavy atom. The second-order valence-corrected chi connectivity index (χ2v) is 5.83. The first-order valence-corrected chi connectivity index (χ1v) is 7.99. The van der Waals surface area contributed by atoms with Crippen LogP contribution in [0, 0.1) is 0 Å². The fourth-order valence-corrected chi connectivity index (χ4v) is 2.99. The average Bonchev–Trinajstić information content (AvgIpc) is 2.98. The summed E-state index contributed by atoms with van der Waals surface area (Å²) in [5.74, 6) is 1.85. The highest BCUT2D eigenvalue weighted by Gasteiger charge is 2.19. The summed E-state index contributed by atoms with van der Waals surface area (Å²) in [5.41, 5.74) is 3.31. The van der Waals surface area contributed by atoms with Gasteiger partial charge in [0.25, 0.3) is 0 Å². The first-order chi connectivity index (χ1) is 11.2. The van der Waals surface area contributed by atoms with Gasteiger partial charge in [-0.1, -0.05) is 37.3 Å². The Kier molecular flexibility index (Phi) is 4.63. The predicted molar refractivity (Wildman–Crippen MR) is 93.6 cm³/mol. The molecule has 0 aliphatic heterocycles. The minimum absolute atomic E-state index is 0.258. The quantitative estimate of drug-likeness (QED) is 0.743. The van der Waals surface area contributed by atoms with Gasteiger partial charge >= 0.3 is 0 Å². The van der Waals surface area contributed by atoms with Crippen molar-refractivity contribution in [2.45, 2.75) is 25.9 Å². The van der Waals surface area contributed by atoms with Crippen molar-refractivity contribution in [1.82, 2.24) is 14.9 Å². The van der Waals surface area contributed by atoms with Crippen LogP contribution < -0.4 is 4.74 Å². The molecule has 1 aromatic heterocycles. The number of benzene rings is 2. The van der Waals surface area contributed by atoms with E-state index in [1.54, 1.807) is 7.11 Å². The second-order valence-electron chi connectivity index (χ2n) is 5.83. The van der Waals surface area contributed by atoms with Crippen LogP contribution in [0.15, 0.2) is 48.5 Å². The van der Waals surface area contributed by atoms with E-state index in [9.17, 15) is 0 Å². The number of imidazole rings is 1. The van der Waals surface area contributed by atoms with Crippen LogP contribution >= 0.6 is 0 Å². The summed E-state index contributed by atoms with van der Waals surface area (Å²) in [6.45, 7) is 3.10. The molecule has 0 bridgehead atoms. The number of nitrogens with one attached hydrogen (secondary N) is 1. The third-order valence-corrected chi connectivity index (χ3v) is 4.22. The molecule has 1 unspecified atom stereocenters. The number of fused-ring (bicyclic) bond motifs is 1. The van der Waals surface area contributed by atoms with Gasteiger partial charge in [-0.25, -0.2) is 4.98 Å². The molecule has 23 heavy (non-hydrogen) atoms. The number of aromatic nitrogens is 2. The number of hydrogen-bond donors (Lipinski definition) is 1. The lowest BCUT2D eigenvalue weighted by Gasteiger charge is -2.25. The maximum absolute atomic E-state index is 5.29. The number of rotatable bonds is 6. The zero-order valence-corrected chi connectivity index (χ0v) is 13.9. The van der Waals surface area contributed by atoms with Gasteiger partial charge in [-0.05, 0) is 31.2 Å². The van der Waals surface area contributed by atoms with Gasteiger partial charge in [0.05, 0.1) is 24.2 Å². The second kappa shape index (κ2) is 6.84. The SMILES string of the molecule is CCC(c1nc2ccc(OC)cc2[nH]1)N(C)Cc1ccccc1. The molecule has 0 saturated carbocycles. The Morgan fingerprint density at radius 1 is 1.17 bits per heavy atom. The lowest BCUT2D eigenvalue weighted by Crippen LogP contribution is -2.24. The molecule has 3 aromatic rings. The van der Waals surface area contributed by atoms with Crippen molar-refractivity contribution < 1.29 is 4.74 Å². The minimum Gasteiger partial charge on any atom is -0.497 e. The van der Waals surface area contributed by atoms with Crippen molar-refractivity contribution in [3.8, 4) is 5.75 Å². The number of ether oxygens (including phenoxy) is 1. The van der Waals surface area contributed by atoms with Crippen LogP contribution in [0.5, 0.6) is 5.75 Å². The van der Waals surface area contributed by atoms with Gasteiger partial charge in [-0.15, -0.1) is 0 Å². The minimum atomic E-state index is 0.258. The molecule has 0 spiro atoms. The first kappa shape index (κ1) is 15.6. The van der Waals surface area contributed by atoms with Crippen LogP contribution in [0.1, 0.15) is 30.8 Å². The smallest absolute Gasteiger partial charge is 0.124 e. The number of H-pyrrole nitrogens is 1. The molecule has 0 fully saturated rings. The number of methoxy groups -OCH3 is 1. The van der Waals surface area contributed by atoms with Crippen molar-refractivity contribution in [3.63, 3.8) is 0 Å². The Bertz CT molecular complexity index is 767. The summed E-state index contributed by atoms with van der Waals surface area (Å²) in [4.78, 5) is 10.6. The summed E-state index contributed by atoms with van der Waals surface area (Å²) < 4.78 is 5.29. The van der Waals surface area contributed by atoms with Crippen LogP contribution in [0.25, 0.3) is 11.0 Å². The van der Waals surface area contributed by atoms with E-state index in [1.807, 2.05) is 24.3 Å². The lowest BCUT2D eigenvalue weighted by molar-refractivity contribution is 0.222. The van der Waals surface area contributed by atoms with Gasteiger partial charge in [0.15, 0.2) is 0 Å². The largest absolute Gasteiger partial charge is 0.497 e. The van der Waals surface area contributed by atoms with Gasteiger partial charge in [0, 0.05) is 12.6 Å². The standard InChI is InChI=1S/C19H23N3O/c1-4-18(22(2)13-14-8-6-5-7-9-14)19-20-16-11-10-15(23-3)12-17(16)21-19/h5-12,18H,4,13H2,1-3H3,(H,20,21). The van der Waals surface area contributed by atoms with Crippen LogP contribution in [-0.2, 0) is 6.54 Å². The summed E-state index contributed by atoms with van der Waals surface area (Å²) >= 11 is 0. The molecule has 4 heteroatoms. The molecule has 0 radical (unpaired) electrons. The molecule has 0 aliphatic carbocycles. The van der Waals surface area contributed by atoms with E-state index < -0.39 is 0 Å². The van der Waals surface area contributed by atoms with Crippen molar-refractivity contribution in [1.29, 1.82) is 0 Å². The van der Waals surface area contributed by atoms with E-state index in [2.05, 4.69) is 48.1 Å². The van der Waals surface area contributed by atoms with Crippen LogP contribution in [0.2, 0.25) is 0 Å². The molecule has 0 aliphatic rings. The Labute approximate surface area is 137 Å². The highest BCUT2D eigenvalue weighted by molar-refractivity contribution is 5.76. The van der Waals surface area contributed by atoms with Gasteiger partial charge in [0.2, 0.25) is 0 Å². The third kappa shape index (κ3) is 3.37. The van der Waals surface area contributed by atoms with Gasteiger partial charge in [0.1, 0.15) is 11.6 Å². The molecule has 1 heterocycles. The lowest BCUT2D eigenvalue weighted by atomic mass is 10.1. The molecular weight excluding hydrogens is 286 g/mol. The molecule has 4 nitrogen and oxygen atoms in total. The summed E-state index contributed by atoms with van der Waals surface area (Å²) in [6, 6.07) is 16.7. The van der Waals surface area contributed by atoms with E-state index in [0.717, 1.165) is 35.6 Å². The van der Waals surface area contributed by atoms with Gasteiger partial charge < -0.3 is 9.72 Å². The van der Waals surface area contributed by atoms with Crippen LogP contribution in [0.3, 0.4) is 0 Å². The number of hydrogen-bond acceptors (Lipinski definition) is 3.